The molecule has 0 aliphatic carbocycles. The molecular formula is C27H30F3N5O4. The maximum atomic E-state index is 13.2. The van der Waals surface area contributed by atoms with Crippen LogP contribution >= 0.6 is 0 Å². The molecule has 3 amide bonds. The van der Waals surface area contributed by atoms with Gasteiger partial charge in [0.25, 0.3) is 5.91 Å². The Balaban J connectivity index is 1.65. The molecule has 12 heteroatoms. The van der Waals surface area contributed by atoms with Crippen LogP contribution in [-0.2, 0) is 12.7 Å². The molecule has 0 spiro atoms. The van der Waals surface area contributed by atoms with Gasteiger partial charge >= 0.3 is 12.2 Å². The number of carbonyl (C=O) groups is 2. The van der Waals surface area contributed by atoms with E-state index in [2.05, 4.69) is 20.9 Å². The Labute approximate surface area is 224 Å². The molecule has 3 rings (SSSR count). The van der Waals surface area contributed by atoms with Crippen LogP contribution in [0.25, 0.3) is 0 Å². The molecule has 0 fully saturated rings. The fourth-order valence-electron chi connectivity index (χ4n) is 3.41. The van der Waals surface area contributed by atoms with Crippen molar-refractivity contribution in [2.24, 2.45) is 0 Å². The molecule has 0 radical (unpaired) electrons. The summed E-state index contributed by atoms with van der Waals surface area (Å²) in [6.07, 6.45) is -3.11. The minimum atomic E-state index is -4.57. The highest BCUT2D eigenvalue weighted by atomic mass is 19.4. The average Bonchev–Trinajstić information content (AvgIpc) is 2.88. The van der Waals surface area contributed by atoms with Crippen LogP contribution < -0.4 is 25.4 Å². The second kappa shape index (κ2) is 13.0. The van der Waals surface area contributed by atoms with Crippen LogP contribution in [0.3, 0.4) is 0 Å². The molecule has 0 saturated heterocycles. The van der Waals surface area contributed by atoms with E-state index in [9.17, 15) is 22.8 Å². The Morgan fingerprint density at radius 3 is 2.44 bits per heavy atom. The largest absolute Gasteiger partial charge is 0.490 e. The Morgan fingerprint density at radius 2 is 1.77 bits per heavy atom. The number of ether oxygens (including phenoxy) is 2. The maximum Gasteiger partial charge on any atom is 0.416 e. The lowest BCUT2D eigenvalue weighted by atomic mass is 10.1. The number of nitrogens with zero attached hydrogens (tertiary/aromatic N) is 2. The van der Waals surface area contributed by atoms with E-state index in [-0.39, 0.29) is 36.2 Å². The zero-order chi connectivity index (χ0) is 28.6. The molecule has 9 nitrogen and oxygen atoms in total. The van der Waals surface area contributed by atoms with Gasteiger partial charge in [-0.1, -0.05) is 12.1 Å². The van der Waals surface area contributed by atoms with Gasteiger partial charge in [0.1, 0.15) is 29.5 Å². The van der Waals surface area contributed by atoms with E-state index in [0.717, 1.165) is 23.3 Å². The summed E-state index contributed by atoms with van der Waals surface area (Å²) in [5.74, 6) is 0.768. The van der Waals surface area contributed by atoms with Crippen LogP contribution in [0.1, 0.15) is 27.2 Å². The van der Waals surface area contributed by atoms with E-state index in [4.69, 9.17) is 9.47 Å². The predicted octanol–water partition coefficient (Wildman–Crippen LogP) is 4.82. The summed E-state index contributed by atoms with van der Waals surface area (Å²) in [6, 6.07) is 10.6. The van der Waals surface area contributed by atoms with Gasteiger partial charge in [-0.2, -0.15) is 13.2 Å². The number of pyridine rings is 1. The van der Waals surface area contributed by atoms with Crippen molar-refractivity contribution in [1.29, 1.82) is 0 Å². The van der Waals surface area contributed by atoms with Crippen LogP contribution in [0.15, 0.2) is 54.7 Å². The number of aryl methyl sites for hydroxylation is 1. The fourth-order valence-corrected chi connectivity index (χ4v) is 3.41. The average molecular weight is 546 g/mol. The van der Waals surface area contributed by atoms with Gasteiger partial charge in [-0.25, -0.2) is 4.79 Å². The number of likely N-dealkylation sites (N-methyl/N-ethyl adjacent to an activating group) is 1. The minimum absolute atomic E-state index is 0.0884. The molecule has 0 unspecified atom stereocenters. The smallest absolute Gasteiger partial charge is 0.416 e. The summed E-state index contributed by atoms with van der Waals surface area (Å²) in [5.41, 5.74) is 0.728. The summed E-state index contributed by atoms with van der Waals surface area (Å²) < 4.78 is 51.2. The van der Waals surface area contributed by atoms with Gasteiger partial charge in [-0.05, 0) is 62.5 Å². The molecule has 0 saturated carbocycles. The number of amides is 3. The number of rotatable bonds is 10. The highest BCUT2D eigenvalue weighted by molar-refractivity contribution is 5.92. The number of halogens is 3. The summed E-state index contributed by atoms with van der Waals surface area (Å²) >= 11 is 0. The van der Waals surface area contributed by atoms with Crippen LogP contribution in [0.5, 0.6) is 17.2 Å². The first kappa shape index (κ1) is 29.2. The molecule has 1 aromatic heterocycles. The normalized spacial score (nSPS) is 11.2. The molecule has 0 bridgehead atoms. The monoisotopic (exact) mass is 545 g/mol. The van der Waals surface area contributed by atoms with Crippen molar-refractivity contribution in [3.63, 3.8) is 0 Å². The first-order valence-electron chi connectivity index (χ1n) is 12.0. The van der Waals surface area contributed by atoms with Crippen LogP contribution in [0, 0.1) is 6.92 Å². The SMILES string of the molecule is CNC(=O)c1cc(Oc2ccc(CNC(=O)Nc3cc(C(F)(F)F)ccc3OCCN(C)C)cc2C)ccn1. The molecule has 3 aromatic rings. The van der Waals surface area contributed by atoms with Gasteiger partial charge in [0.2, 0.25) is 0 Å². The first-order valence-corrected chi connectivity index (χ1v) is 12.0. The van der Waals surface area contributed by atoms with Crippen LogP contribution in [-0.4, -0.2) is 56.1 Å². The zero-order valence-corrected chi connectivity index (χ0v) is 22.0. The number of hydrogen-bond acceptors (Lipinski definition) is 6. The fraction of sp³-hybridized carbons (Fsp3) is 0.296. The lowest BCUT2D eigenvalue weighted by molar-refractivity contribution is -0.137. The molecule has 0 aliphatic rings. The summed E-state index contributed by atoms with van der Waals surface area (Å²) in [5, 5.41) is 7.60. The first-order chi connectivity index (χ1) is 18.5. The molecule has 0 atom stereocenters. The number of aromatic nitrogens is 1. The van der Waals surface area contributed by atoms with Crippen molar-refractivity contribution in [2.45, 2.75) is 19.6 Å². The molecular weight excluding hydrogens is 515 g/mol. The van der Waals surface area contributed by atoms with Crippen molar-refractivity contribution in [2.75, 3.05) is 39.6 Å². The quantitative estimate of drug-likeness (QED) is 0.337. The topological polar surface area (TPSA) is 105 Å². The van der Waals surface area contributed by atoms with Crippen molar-refractivity contribution in [3.05, 3.63) is 77.1 Å². The van der Waals surface area contributed by atoms with Gasteiger partial charge in [0.05, 0.1) is 11.3 Å². The molecule has 2 aromatic carbocycles. The van der Waals surface area contributed by atoms with E-state index >= 15 is 0 Å². The van der Waals surface area contributed by atoms with Crippen molar-refractivity contribution in [3.8, 4) is 17.2 Å². The summed E-state index contributed by atoms with van der Waals surface area (Å²) in [7, 11) is 5.18. The third kappa shape index (κ3) is 8.60. The summed E-state index contributed by atoms with van der Waals surface area (Å²) in [4.78, 5) is 30.2. The van der Waals surface area contributed by atoms with Crippen LogP contribution in [0.4, 0.5) is 23.7 Å². The Kier molecular flexibility index (Phi) is 9.72. The van der Waals surface area contributed by atoms with Gasteiger partial charge in [0.15, 0.2) is 0 Å². The predicted molar refractivity (Wildman–Crippen MR) is 140 cm³/mol. The van der Waals surface area contributed by atoms with E-state index < -0.39 is 17.8 Å². The highest BCUT2D eigenvalue weighted by Gasteiger charge is 2.31. The molecule has 208 valence electrons. The number of anilines is 1. The third-order valence-corrected chi connectivity index (χ3v) is 5.46. The Hall–Kier alpha value is -4.32. The molecule has 3 N–H and O–H groups in total. The second-order valence-electron chi connectivity index (χ2n) is 8.83. The third-order valence-electron chi connectivity index (χ3n) is 5.46. The standard InChI is InChI=1S/C27H30F3N5O4/c1-17-13-18(5-7-23(17)39-20-9-10-32-22(15-20)25(36)31-2)16-33-26(37)34-21-14-19(27(28,29)30)6-8-24(21)38-12-11-35(3)4/h5-10,13-15H,11-12,16H2,1-4H3,(H,31,36)(H2,33,34,37). The Morgan fingerprint density at radius 1 is 1.03 bits per heavy atom. The number of urea groups is 1. The molecule has 1 heterocycles. The van der Waals surface area contributed by atoms with Crippen molar-refractivity contribution < 1.29 is 32.2 Å². The summed E-state index contributed by atoms with van der Waals surface area (Å²) in [6.45, 7) is 2.70. The van der Waals surface area contributed by atoms with Gasteiger partial charge in [0, 0.05) is 32.4 Å². The second-order valence-corrected chi connectivity index (χ2v) is 8.83. The molecule has 39 heavy (non-hydrogen) atoms. The van der Waals surface area contributed by atoms with E-state index in [1.807, 2.05) is 25.9 Å². The lowest BCUT2D eigenvalue weighted by Crippen LogP contribution is -2.28. The number of hydrogen-bond donors (Lipinski definition) is 3. The van der Waals surface area contributed by atoms with Gasteiger partial charge < -0.3 is 30.3 Å². The number of carbonyl (C=O) groups excluding carboxylic acids is 2. The zero-order valence-electron chi connectivity index (χ0n) is 22.0. The Bertz CT molecular complexity index is 1310. The number of nitrogens with one attached hydrogen (secondary N) is 3. The van der Waals surface area contributed by atoms with Gasteiger partial charge in [-0.3, -0.25) is 9.78 Å². The lowest BCUT2D eigenvalue weighted by Gasteiger charge is -2.17. The number of alkyl halides is 3. The van der Waals surface area contributed by atoms with E-state index in [1.54, 1.807) is 24.3 Å². The van der Waals surface area contributed by atoms with Crippen molar-refractivity contribution >= 4 is 17.6 Å². The van der Waals surface area contributed by atoms with Crippen molar-refractivity contribution in [1.82, 2.24) is 20.5 Å². The minimum Gasteiger partial charge on any atom is -0.490 e. The van der Waals surface area contributed by atoms with E-state index in [0.29, 0.717) is 18.0 Å². The van der Waals surface area contributed by atoms with Gasteiger partial charge in [-0.15, -0.1) is 0 Å². The number of benzene rings is 2. The van der Waals surface area contributed by atoms with Crippen LogP contribution in [0.2, 0.25) is 0 Å². The molecule has 0 aliphatic heterocycles. The van der Waals surface area contributed by atoms with E-state index in [1.165, 1.54) is 25.4 Å². The highest BCUT2D eigenvalue weighted by Crippen LogP contribution is 2.35. The maximum absolute atomic E-state index is 13.2.